The van der Waals surface area contributed by atoms with Gasteiger partial charge in [-0.25, -0.2) is 0 Å². The lowest BCUT2D eigenvalue weighted by atomic mass is 9.83. The van der Waals surface area contributed by atoms with Crippen molar-refractivity contribution in [3.63, 3.8) is 0 Å². The van der Waals surface area contributed by atoms with E-state index in [9.17, 15) is 4.79 Å². The molecule has 0 aliphatic carbocycles. The first-order valence-electron chi connectivity index (χ1n) is 11.9. The number of anilines is 1. The van der Waals surface area contributed by atoms with Crippen LogP contribution in [0.25, 0.3) is 17.1 Å². The van der Waals surface area contributed by atoms with Crippen LogP contribution in [0.3, 0.4) is 0 Å². The number of carbonyl (C=O) groups is 1. The molecule has 8 heteroatoms. The molecule has 1 aliphatic rings. The fourth-order valence-electron chi connectivity index (χ4n) is 4.69. The van der Waals surface area contributed by atoms with Gasteiger partial charge < -0.3 is 4.90 Å². The Morgan fingerprint density at radius 1 is 1.03 bits per heavy atom. The van der Waals surface area contributed by atoms with E-state index in [-0.39, 0.29) is 17.0 Å². The van der Waals surface area contributed by atoms with Gasteiger partial charge in [-0.2, -0.15) is 0 Å². The van der Waals surface area contributed by atoms with Crippen LogP contribution in [0.15, 0.2) is 83.7 Å². The molecule has 1 aliphatic heterocycles. The van der Waals surface area contributed by atoms with Gasteiger partial charge in [-0.1, -0.05) is 73.1 Å². The molecule has 5 rings (SSSR count). The molecule has 0 spiro atoms. The normalized spacial score (nSPS) is 15.3. The van der Waals surface area contributed by atoms with Gasteiger partial charge in [0.15, 0.2) is 16.8 Å². The number of carbonyl (C=O) groups excluding carboxylic acids is 1. The molecule has 0 unspecified atom stereocenters. The van der Waals surface area contributed by atoms with E-state index >= 15 is 0 Å². The zero-order valence-corrected chi connectivity index (χ0v) is 23.3. The Balaban J connectivity index is 1.45. The van der Waals surface area contributed by atoms with Crippen molar-refractivity contribution in [3.05, 3.63) is 99.7 Å². The van der Waals surface area contributed by atoms with Crippen LogP contribution in [0.5, 0.6) is 0 Å². The third kappa shape index (κ3) is 4.81. The number of nitrogens with zero attached hydrogens (tertiary/aromatic N) is 4. The molecule has 0 bridgehead atoms. The van der Waals surface area contributed by atoms with Gasteiger partial charge >= 0.3 is 0 Å². The Hall–Kier alpha value is -3.06. The summed E-state index contributed by atoms with van der Waals surface area (Å²) in [5, 5.41) is 10.8. The molecule has 0 N–H and O–H groups in total. The molecular weight excluding hydrogens is 523 g/mol. The highest BCUT2D eigenvalue weighted by atomic mass is 35.5. The summed E-state index contributed by atoms with van der Waals surface area (Å²) < 4.78 is 1.93. The van der Waals surface area contributed by atoms with Crippen LogP contribution in [0.2, 0.25) is 10.0 Å². The molecule has 0 saturated heterocycles. The third-order valence-electron chi connectivity index (χ3n) is 6.73. The van der Waals surface area contributed by atoms with Crippen molar-refractivity contribution in [3.8, 4) is 17.1 Å². The molecule has 0 fully saturated rings. The van der Waals surface area contributed by atoms with Crippen LogP contribution in [0.1, 0.15) is 25.0 Å². The summed E-state index contributed by atoms with van der Waals surface area (Å²) in [6, 6.07) is 21.5. The van der Waals surface area contributed by atoms with Crippen molar-refractivity contribution in [2.24, 2.45) is 0 Å². The van der Waals surface area contributed by atoms with Gasteiger partial charge in [-0.05, 0) is 60.5 Å². The molecule has 0 radical (unpaired) electrons. The summed E-state index contributed by atoms with van der Waals surface area (Å²) in [4.78, 5) is 15.3. The number of ketones is 1. The van der Waals surface area contributed by atoms with E-state index in [1.165, 1.54) is 17.3 Å². The molecule has 2 heterocycles. The highest BCUT2D eigenvalue weighted by Gasteiger charge is 2.38. The quantitative estimate of drug-likeness (QED) is 0.184. The molecule has 188 valence electrons. The summed E-state index contributed by atoms with van der Waals surface area (Å²) in [5.74, 6) is 0.886. The van der Waals surface area contributed by atoms with Crippen molar-refractivity contribution >= 4 is 46.4 Å². The number of benzene rings is 3. The smallest absolute Gasteiger partial charge is 0.196 e. The number of likely N-dealkylation sites (N-methyl/N-ethyl adjacent to an activating group) is 1. The lowest BCUT2D eigenvalue weighted by molar-refractivity contribution is -0.112. The van der Waals surface area contributed by atoms with Crippen molar-refractivity contribution in [2.75, 3.05) is 17.7 Å². The standard InChI is InChI=1S/C29H26Cl2N4OS/c1-18-9-14-21(15-24(18)31)35-27(19-10-12-20(30)13-11-19)32-33-28(35)37-17-22(36)16-26-29(2,3)23-7-5-6-8-25(23)34(26)4/h5-16H,17H2,1-4H3/b26-16+. The van der Waals surface area contributed by atoms with E-state index in [0.29, 0.717) is 21.0 Å². The number of halogens is 2. The number of rotatable bonds is 6. The summed E-state index contributed by atoms with van der Waals surface area (Å²) in [6.07, 6.45) is 1.76. The van der Waals surface area contributed by atoms with E-state index in [4.69, 9.17) is 23.2 Å². The van der Waals surface area contributed by atoms with Crippen LogP contribution in [-0.2, 0) is 10.2 Å². The predicted octanol–water partition coefficient (Wildman–Crippen LogP) is 7.52. The molecule has 37 heavy (non-hydrogen) atoms. The maximum atomic E-state index is 13.2. The van der Waals surface area contributed by atoms with Crippen LogP contribution in [-0.4, -0.2) is 33.3 Å². The fraction of sp³-hybridized carbons (Fsp3) is 0.207. The number of aryl methyl sites for hydroxylation is 1. The van der Waals surface area contributed by atoms with Gasteiger partial charge in [0, 0.05) is 45.5 Å². The average Bonchev–Trinajstić information content (AvgIpc) is 3.38. The maximum absolute atomic E-state index is 13.2. The van der Waals surface area contributed by atoms with Crippen molar-refractivity contribution in [1.82, 2.24) is 14.8 Å². The minimum Gasteiger partial charge on any atom is -0.347 e. The summed E-state index contributed by atoms with van der Waals surface area (Å²) >= 11 is 13.9. The largest absolute Gasteiger partial charge is 0.347 e. The van der Waals surface area contributed by atoms with Gasteiger partial charge in [-0.3, -0.25) is 9.36 Å². The zero-order chi connectivity index (χ0) is 26.3. The minimum atomic E-state index is -0.258. The number of thioether (sulfide) groups is 1. The van der Waals surface area contributed by atoms with Crippen molar-refractivity contribution < 1.29 is 4.79 Å². The van der Waals surface area contributed by atoms with Gasteiger partial charge in [0.05, 0.1) is 11.4 Å². The maximum Gasteiger partial charge on any atom is 0.196 e. The molecule has 5 nitrogen and oxygen atoms in total. The minimum absolute atomic E-state index is 0.0114. The average molecular weight is 550 g/mol. The van der Waals surface area contributed by atoms with Crippen LogP contribution >= 0.6 is 35.0 Å². The second-order valence-electron chi connectivity index (χ2n) is 9.57. The SMILES string of the molecule is Cc1ccc(-n2c(SCC(=O)/C=C3/N(C)c4ccccc4C3(C)C)nnc2-c2ccc(Cl)cc2)cc1Cl. The second kappa shape index (κ2) is 10.0. The van der Waals surface area contributed by atoms with Gasteiger partial charge in [0.1, 0.15) is 0 Å². The third-order valence-corrected chi connectivity index (χ3v) is 8.34. The first-order chi connectivity index (χ1) is 17.7. The summed E-state index contributed by atoms with van der Waals surface area (Å²) in [5.41, 5.74) is 5.73. The Bertz CT molecular complexity index is 1530. The number of hydrogen-bond donors (Lipinski definition) is 0. The van der Waals surface area contributed by atoms with E-state index in [0.717, 1.165) is 28.2 Å². The topological polar surface area (TPSA) is 51.0 Å². The Kier molecular flexibility index (Phi) is 6.92. The van der Waals surface area contributed by atoms with Gasteiger partial charge in [0.25, 0.3) is 0 Å². The van der Waals surface area contributed by atoms with E-state index in [1.54, 1.807) is 6.08 Å². The summed E-state index contributed by atoms with van der Waals surface area (Å²) in [6.45, 7) is 6.26. The highest BCUT2D eigenvalue weighted by Crippen LogP contribution is 2.46. The first kappa shape index (κ1) is 25.6. The fourth-order valence-corrected chi connectivity index (χ4v) is 5.77. The van der Waals surface area contributed by atoms with Crippen LogP contribution in [0, 0.1) is 6.92 Å². The van der Waals surface area contributed by atoms with Crippen LogP contribution in [0.4, 0.5) is 5.69 Å². The van der Waals surface area contributed by atoms with E-state index in [1.807, 2.05) is 73.1 Å². The molecule has 3 aromatic carbocycles. The van der Waals surface area contributed by atoms with Crippen LogP contribution < -0.4 is 4.90 Å². The Morgan fingerprint density at radius 3 is 2.46 bits per heavy atom. The monoisotopic (exact) mass is 548 g/mol. The summed E-state index contributed by atoms with van der Waals surface area (Å²) in [7, 11) is 2.01. The molecule has 4 aromatic rings. The lowest BCUT2D eigenvalue weighted by Gasteiger charge is -2.23. The number of hydrogen-bond acceptors (Lipinski definition) is 5. The zero-order valence-electron chi connectivity index (χ0n) is 21.0. The van der Waals surface area contributed by atoms with Gasteiger partial charge in [0.2, 0.25) is 0 Å². The number of aromatic nitrogens is 3. The molecule has 0 atom stereocenters. The van der Waals surface area contributed by atoms with Crippen molar-refractivity contribution in [2.45, 2.75) is 31.3 Å². The van der Waals surface area contributed by atoms with E-state index < -0.39 is 0 Å². The first-order valence-corrected chi connectivity index (χ1v) is 13.6. The predicted molar refractivity (Wildman–Crippen MR) is 153 cm³/mol. The van der Waals surface area contributed by atoms with Crippen molar-refractivity contribution in [1.29, 1.82) is 0 Å². The van der Waals surface area contributed by atoms with E-state index in [2.05, 4.69) is 41.1 Å². The molecule has 1 aromatic heterocycles. The number of para-hydroxylation sites is 1. The molecule has 0 saturated carbocycles. The second-order valence-corrected chi connectivity index (χ2v) is 11.4. The highest BCUT2D eigenvalue weighted by molar-refractivity contribution is 7.99. The molecular formula is C29H26Cl2N4OS. The Labute approximate surface area is 231 Å². The molecule has 0 amide bonds. The number of allylic oxidation sites excluding steroid dienone is 2. The Morgan fingerprint density at radius 2 is 1.76 bits per heavy atom. The number of fused-ring (bicyclic) bond motifs is 1. The lowest BCUT2D eigenvalue weighted by Crippen LogP contribution is -2.24. The van der Waals surface area contributed by atoms with Gasteiger partial charge in [-0.15, -0.1) is 10.2 Å².